The summed E-state index contributed by atoms with van der Waals surface area (Å²) in [5.74, 6) is -0.140. The van der Waals surface area contributed by atoms with E-state index in [2.05, 4.69) is 15.7 Å². The number of aromatic nitrogens is 2. The molecule has 0 aromatic carbocycles. The van der Waals surface area contributed by atoms with Gasteiger partial charge in [-0.1, -0.05) is 6.92 Å². The average molecular weight is 252 g/mol. The highest BCUT2D eigenvalue weighted by atomic mass is 16.5. The van der Waals surface area contributed by atoms with Crippen LogP contribution in [0.15, 0.2) is 6.20 Å². The van der Waals surface area contributed by atoms with Gasteiger partial charge in [-0.15, -0.1) is 0 Å². The Kier molecular flexibility index (Phi) is 3.98. The van der Waals surface area contributed by atoms with Crippen LogP contribution in [0.3, 0.4) is 0 Å². The van der Waals surface area contributed by atoms with E-state index in [0.717, 1.165) is 17.9 Å². The zero-order chi connectivity index (χ0) is 13.1. The van der Waals surface area contributed by atoms with Crippen molar-refractivity contribution in [1.82, 2.24) is 15.1 Å². The van der Waals surface area contributed by atoms with Gasteiger partial charge < -0.3 is 15.4 Å². The molecule has 1 fully saturated rings. The van der Waals surface area contributed by atoms with E-state index in [1.807, 2.05) is 27.1 Å². The van der Waals surface area contributed by atoms with Crippen LogP contribution in [0.1, 0.15) is 12.6 Å². The first-order valence-corrected chi connectivity index (χ1v) is 6.24. The molecule has 2 unspecified atom stereocenters. The van der Waals surface area contributed by atoms with Crippen molar-refractivity contribution >= 4 is 11.6 Å². The van der Waals surface area contributed by atoms with E-state index < -0.39 is 0 Å². The topological polar surface area (TPSA) is 68.2 Å². The van der Waals surface area contributed by atoms with Crippen LogP contribution >= 0.6 is 0 Å². The summed E-state index contributed by atoms with van der Waals surface area (Å²) in [5.41, 5.74) is 1.59. The molecule has 1 aliphatic rings. The zero-order valence-electron chi connectivity index (χ0n) is 11.1. The molecule has 1 aromatic rings. The minimum absolute atomic E-state index is 0.00505. The van der Waals surface area contributed by atoms with Crippen LogP contribution in [0, 0.1) is 12.8 Å². The minimum Gasteiger partial charge on any atom is -0.379 e. The van der Waals surface area contributed by atoms with Gasteiger partial charge in [0, 0.05) is 19.3 Å². The van der Waals surface area contributed by atoms with Crippen LogP contribution in [0.25, 0.3) is 0 Å². The maximum Gasteiger partial charge on any atom is 0.231 e. The molecule has 1 aliphatic heterocycles. The molecular formula is C12H20N4O2. The third-order valence-corrected chi connectivity index (χ3v) is 3.15. The van der Waals surface area contributed by atoms with E-state index in [1.54, 1.807) is 4.68 Å². The standard InChI is InChI=1S/C12H20N4O2/c1-4-13-11-7-18-6-9(11)12(17)14-10-5-16(3)15-8(10)2/h5,9,11,13H,4,6-7H2,1-3H3,(H,14,17). The summed E-state index contributed by atoms with van der Waals surface area (Å²) < 4.78 is 7.06. The number of rotatable bonds is 4. The van der Waals surface area contributed by atoms with Gasteiger partial charge in [0.05, 0.1) is 30.5 Å². The Morgan fingerprint density at radius 3 is 3.00 bits per heavy atom. The maximum atomic E-state index is 12.2. The molecule has 100 valence electrons. The van der Waals surface area contributed by atoms with Crippen molar-refractivity contribution < 1.29 is 9.53 Å². The van der Waals surface area contributed by atoms with Crippen LogP contribution in [0.2, 0.25) is 0 Å². The largest absolute Gasteiger partial charge is 0.379 e. The van der Waals surface area contributed by atoms with Gasteiger partial charge in [-0.3, -0.25) is 9.48 Å². The Morgan fingerprint density at radius 1 is 1.61 bits per heavy atom. The SMILES string of the molecule is CCNC1COCC1C(=O)Nc1cn(C)nc1C. The lowest BCUT2D eigenvalue weighted by molar-refractivity contribution is -0.120. The van der Waals surface area contributed by atoms with E-state index in [9.17, 15) is 4.79 Å². The Hall–Kier alpha value is -1.40. The first-order valence-electron chi connectivity index (χ1n) is 6.24. The highest BCUT2D eigenvalue weighted by Crippen LogP contribution is 2.18. The molecule has 2 heterocycles. The van der Waals surface area contributed by atoms with Crippen molar-refractivity contribution in [2.45, 2.75) is 19.9 Å². The van der Waals surface area contributed by atoms with Crippen molar-refractivity contribution in [3.8, 4) is 0 Å². The van der Waals surface area contributed by atoms with Gasteiger partial charge in [0.15, 0.2) is 0 Å². The van der Waals surface area contributed by atoms with Gasteiger partial charge in [-0.25, -0.2) is 0 Å². The van der Waals surface area contributed by atoms with Crippen LogP contribution in [0.4, 0.5) is 5.69 Å². The number of ether oxygens (including phenoxy) is 1. The zero-order valence-corrected chi connectivity index (χ0v) is 11.1. The smallest absolute Gasteiger partial charge is 0.231 e. The minimum atomic E-state index is -0.135. The molecule has 1 aromatic heterocycles. The Morgan fingerprint density at radius 2 is 2.39 bits per heavy atom. The fourth-order valence-electron chi connectivity index (χ4n) is 2.22. The number of hydrogen-bond acceptors (Lipinski definition) is 4. The first-order chi connectivity index (χ1) is 8.61. The van der Waals surface area contributed by atoms with Gasteiger partial charge in [-0.05, 0) is 13.5 Å². The Balaban J connectivity index is 2.01. The van der Waals surface area contributed by atoms with Crippen molar-refractivity contribution in [3.63, 3.8) is 0 Å². The van der Waals surface area contributed by atoms with Gasteiger partial charge >= 0.3 is 0 Å². The first kappa shape index (κ1) is 13.0. The molecule has 2 atom stereocenters. The van der Waals surface area contributed by atoms with Gasteiger partial charge in [0.2, 0.25) is 5.91 Å². The number of anilines is 1. The second-order valence-corrected chi connectivity index (χ2v) is 4.60. The quantitative estimate of drug-likeness (QED) is 0.808. The molecule has 1 saturated heterocycles. The van der Waals surface area contributed by atoms with E-state index in [-0.39, 0.29) is 17.9 Å². The molecule has 0 spiro atoms. The number of likely N-dealkylation sites (N-methyl/N-ethyl adjacent to an activating group) is 1. The number of carbonyl (C=O) groups is 1. The lowest BCUT2D eigenvalue weighted by Gasteiger charge is -2.17. The van der Waals surface area contributed by atoms with Crippen molar-refractivity contribution in [3.05, 3.63) is 11.9 Å². The molecule has 1 amide bonds. The molecule has 0 aliphatic carbocycles. The molecule has 0 bridgehead atoms. The Labute approximate surface area is 107 Å². The second-order valence-electron chi connectivity index (χ2n) is 4.60. The molecule has 0 saturated carbocycles. The van der Waals surface area contributed by atoms with E-state index in [4.69, 9.17) is 4.74 Å². The predicted molar refractivity (Wildman–Crippen MR) is 68.3 cm³/mol. The lowest BCUT2D eigenvalue weighted by Crippen LogP contribution is -2.41. The predicted octanol–water partition coefficient (Wildman–Crippen LogP) is 0.292. The Bertz CT molecular complexity index is 430. The van der Waals surface area contributed by atoms with Crippen molar-refractivity contribution in [2.75, 3.05) is 25.1 Å². The summed E-state index contributed by atoms with van der Waals surface area (Å²) in [6.07, 6.45) is 1.81. The van der Waals surface area contributed by atoms with Crippen molar-refractivity contribution in [2.24, 2.45) is 13.0 Å². The highest BCUT2D eigenvalue weighted by Gasteiger charge is 2.33. The van der Waals surface area contributed by atoms with Gasteiger partial charge in [0.25, 0.3) is 0 Å². The summed E-state index contributed by atoms with van der Waals surface area (Å²) >= 11 is 0. The monoisotopic (exact) mass is 252 g/mol. The van der Waals surface area contributed by atoms with Crippen LogP contribution < -0.4 is 10.6 Å². The van der Waals surface area contributed by atoms with Crippen LogP contribution in [0.5, 0.6) is 0 Å². The van der Waals surface area contributed by atoms with Crippen molar-refractivity contribution in [1.29, 1.82) is 0 Å². The normalized spacial score (nSPS) is 23.3. The van der Waals surface area contributed by atoms with Gasteiger partial charge in [0.1, 0.15) is 0 Å². The van der Waals surface area contributed by atoms with E-state index >= 15 is 0 Å². The fraction of sp³-hybridized carbons (Fsp3) is 0.667. The lowest BCUT2D eigenvalue weighted by atomic mass is 10.0. The number of nitrogens with zero attached hydrogens (tertiary/aromatic N) is 2. The van der Waals surface area contributed by atoms with E-state index in [1.165, 1.54) is 0 Å². The van der Waals surface area contributed by atoms with E-state index in [0.29, 0.717) is 13.2 Å². The van der Waals surface area contributed by atoms with Crippen LogP contribution in [-0.2, 0) is 16.6 Å². The summed E-state index contributed by atoms with van der Waals surface area (Å²) in [4.78, 5) is 12.2. The second kappa shape index (κ2) is 5.49. The number of aryl methyl sites for hydroxylation is 2. The fourth-order valence-corrected chi connectivity index (χ4v) is 2.22. The molecule has 2 N–H and O–H groups in total. The maximum absolute atomic E-state index is 12.2. The number of carbonyl (C=O) groups excluding carboxylic acids is 1. The summed E-state index contributed by atoms with van der Waals surface area (Å²) in [5, 5.41) is 10.4. The van der Waals surface area contributed by atoms with Gasteiger partial charge in [-0.2, -0.15) is 5.10 Å². The van der Waals surface area contributed by atoms with Crippen LogP contribution in [-0.4, -0.2) is 41.5 Å². The summed E-state index contributed by atoms with van der Waals surface area (Å²) in [7, 11) is 1.84. The third-order valence-electron chi connectivity index (χ3n) is 3.15. The summed E-state index contributed by atoms with van der Waals surface area (Å²) in [6, 6.07) is 0.104. The molecular weight excluding hydrogens is 232 g/mol. The molecule has 18 heavy (non-hydrogen) atoms. The number of amides is 1. The molecule has 2 rings (SSSR count). The third kappa shape index (κ3) is 2.70. The molecule has 0 radical (unpaired) electrons. The highest BCUT2D eigenvalue weighted by molar-refractivity contribution is 5.93. The average Bonchev–Trinajstić information content (AvgIpc) is 2.87. The molecule has 6 nitrogen and oxygen atoms in total. The number of nitrogens with one attached hydrogen (secondary N) is 2. The number of hydrogen-bond donors (Lipinski definition) is 2. The molecule has 6 heteroatoms. The summed E-state index contributed by atoms with van der Waals surface area (Å²) in [6.45, 7) is 5.81.